The molecule has 3 heteroatoms. The van der Waals surface area contributed by atoms with E-state index >= 15 is 0 Å². The first-order valence-electron chi connectivity index (χ1n) is 5.40. The zero-order valence-corrected chi connectivity index (χ0v) is 10.8. The van der Waals surface area contributed by atoms with Gasteiger partial charge in [-0.05, 0) is 24.0 Å². The molecule has 14 heavy (non-hydrogen) atoms. The molecule has 0 saturated heterocycles. The van der Waals surface area contributed by atoms with Gasteiger partial charge in [-0.2, -0.15) is 11.8 Å². The molecule has 0 aromatic heterocycles. The van der Waals surface area contributed by atoms with Crippen molar-refractivity contribution in [3.05, 3.63) is 0 Å². The van der Waals surface area contributed by atoms with E-state index in [0.29, 0.717) is 12.0 Å². The fraction of sp³-hybridized carbons (Fsp3) is 1.00. The molecule has 0 saturated carbocycles. The monoisotopic (exact) mass is 219 g/mol. The summed E-state index contributed by atoms with van der Waals surface area (Å²) < 4.78 is 5.04. The van der Waals surface area contributed by atoms with Crippen molar-refractivity contribution < 1.29 is 4.74 Å². The second-order valence-corrected chi connectivity index (χ2v) is 5.43. The number of rotatable bonds is 8. The van der Waals surface area contributed by atoms with Crippen LogP contribution < -0.4 is 5.73 Å². The number of hydrogen-bond donors (Lipinski definition) is 1. The fourth-order valence-corrected chi connectivity index (χ4v) is 2.33. The fourth-order valence-electron chi connectivity index (χ4n) is 1.12. The summed E-state index contributed by atoms with van der Waals surface area (Å²) in [4.78, 5) is 0. The van der Waals surface area contributed by atoms with Crippen LogP contribution in [0.4, 0.5) is 0 Å². The van der Waals surface area contributed by atoms with E-state index in [0.717, 1.165) is 24.7 Å². The van der Waals surface area contributed by atoms with Crippen molar-refractivity contribution in [3.8, 4) is 0 Å². The van der Waals surface area contributed by atoms with Crippen LogP contribution in [-0.2, 0) is 4.74 Å². The Bertz CT molecular complexity index is 130. The maximum absolute atomic E-state index is 6.07. The Labute approximate surface area is 93.0 Å². The van der Waals surface area contributed by atoms with Crippen LogP contribution in [0.3, 0.4) is 0 Å². The van der Waals surface area contributed by atoms with Gasteiger partial charge in [0.15, 0.2) is 0 Å². The minimum Gasteiger partial charge on any atom is -0.385 e. The van der Waals surface area contributed by atoms with Gasteiger partial charge in [-0.3, -0.25) is 0 Å². The maximum Gasteiger partial charge on any atom is 0.0465 e. The second-order valence-electron chi connectivity index (χ2n) is 4.35. The van der Waals surface area contributed by atoms with Crippen LogP contribution in [0.15, 0.2) is 0 Å². The maximum atomic E-state index is 6.07. The van der Waals surface area contributed by atoms with Gasteiger partial charge < -0.3 is 10.5 Å². The number of methoxy groups -OCH3 is 1. The molecule has 2 atom stereocenters. The van der Waals surface area contributed by atoms with Gasteiger partial charge in [0.2, 0.25) is 0 Å². The summed E-state index contributed by atoms with van der Waals surface area (Å²) in [6.07, 6.45) is 1.07. The van der Waals surface area contributed by atoms with Crippen LogP contribution >= 0.6 is 11.8 Å². The number of nitrogens with two attached hydrogens (primary N) is 1. The third-order valence-electron chi connectivity index (χ3n) is 2.27. The van der Waals surface area contributed by atoms with Crippen LogP contribution in [0.25, 0.3) is 0 Å². The minimum absolute atomic E-state index is 0.314. The Morgan fingerprint density at radius 1 is 1.21 bits per heavy atom. The molecular formula is C11H25NOS. The molecule has 0 aliphatic rings. The smallest absolute Gasteiger partial charge is 0.0465 e. The average Bonchev–Trinajstić information content (AvgIpc) is 2.13. The minimum atomic E-state index is 0.314. The number of ether oxygens (including phenoxy) is 1. The topological polar surface area (TPSA) is 35.2 Å². The van der Waals surface area contributed by atoms with Gasteiger partial charge in [0.1, 0.15) is 0 Å². The molecule has 2 nitrogen and oxygen atoms in total. The predicted octanol–water partition coefficient (Wildman–Crippen LogP) is 2.38. The first-order valence-corrected chi connectivity index (χ1v) is 6.55. The molecular weight excluding hydrogens is 194 g/mol. The van der Waals surface area contributed by atoms with E-state index < -0.39 is 0 Å². The lowest BCUT2D eigenvalue weighted by atomic mass is 10.0. The third-order valence-corrected chi connectivity index (χ3v) is 3.79. The Morgan fingerprint density at radius 2 is 1.86 bits per heavy atom. The molecule has 0 fully saturated rings. The van der Waals surface area contributed by atoms with Crippen molar-refractivity contribution in [2.45, 2.75) is 33.2 Å². The van der Waals surface area contributed by atoms with Crippen LogP contribution in [0.1, 0.15) is 27.2 Å². The highest BCUT2D eigenvalue weighted by Crippen LogP contribution is 2.14. The van der Waals surface area contributed by atoms with Gasteiger partial charge in [0.25, 0.3) is 0 Å². The lowest BCUT2D eigenvalue weighted by Gasteiger charge is -2.19. The van der Waals surface area contributed by atoms with Crippen molar-refractivity contribution in [1.82, 2.24) is 0 Å². The van der Waals surface area contributed by atoms with E-state index in [4.69, 9.17) is 10.5 Å². The molecule has 0 aliphatic carbocycles. The van der Waals surface area contributed by atoms with Crippen molar-refractivity contribution in [1.29, 1.82) is 0 Å². The highest BCUT2D eigenvalue weighted by Gasteiger charge is 2.12. The molecule has 2 unspecified atom stereocenters. The Kier molecular flexibility index (Phi) is 8.73. The molecule has 0 rings (SSSR count). The third kappa shape index (κ3) is 7.65. The number of thioether (sulfide) groups is 1. The summed E-state index contributed by atoms with van der Waals surface area (Å²) in [6, 6.07) is 0.314. The molecule has 0 spiro atoms. The lowest BCUT2D eigenvalue weighted by Crippen LogP contribution is -2.31. The zero-order chi connectivity index (χ0) is 11.0. The van der Waals surface area contributed by atoms with Crippen LogP contribution in [0.5, 0.6) is 0 Å². The van der Waals surface area contributed by atoms with Gasteiger partial charge in [0.05, 0.1) is 0 Å². The Balaban J connectivity index is 3.46. The van der Waals surface area contributed by atoms with E-state index in [2.05, 4.69) is 20.8 Å². The molecule has 86 valence electrons. The van der Waals surface area contributed by atoms with Crippen molar-refractivity contribution in [2.24, 2.45) is 17.6 Å². The van der Waals surface area contributed by atoms with E-state index in [1.807, 2.05) is 11.8 Å². The molecule has 0 aromatic carbocycles. The summed E-state index contributed by atoms with van der Waals surface area (Å²) in [5, 5.41) is 0. The summed E-state index contributed by atoms with van der Waals surface area (Å²) >= 11 is 1.97. The van der Waals surface area contributed by atoms with E-state index in [9.17, 15) is 0 Å². The molecule has 0 aliphatic heterocycles. The highest BCUT2D eigenvalue weighted by molar-refractivity contribution is 7.99. The molecule has 0 bridgehead atoms. The summed E-state index contributed by atoms with van der Waals surface area (Å²) in [6.45, 7) is 7.52. The SMILES string of the molecule is COCCC(C)C(N)CSCC(C)C. The quantitative estimate of drug-likeness (QED) is 0.681. The molecule has 0 aromatic rings. The van der Waals surface area contributed by atoms with Gasteiger partial charge in [-0.1, -0.05) is 20.8 Å². The first-order chi connectivity index (χ1) is 6.57. The Hall–Kier alpha value is 0.270. The Morgan fingerprint density at radius 3 is 2.36 bits per heavy atom. The molecule has 2 N–H and O–H groups in total. The van der Waals surface area contributed by atoms with Gasteiger partial charge in [-0.25, -0.2) is 0 Å². The van der Waals surface area contributed by atoms with Gasteiger partial charge in [0, 0.05) is 25.5 Å². The number of hydrogen-bond acceptors (Lipinski definition) is 3. The largest absolute Gasteiger partial charge is 0.385 e. The van der Waals surface area contributed by atoms with Crippen LogP contribution in [-0.4, -0.2) is 31.3 Å². The zero-order valence-electron chi connectivity index (χ0n) is 9.95. The summed E-state index contributed by atoms with van der Waals surface area (Å²) in [5.41, 5.74) is 6.07. The molecule has 0 amide bonds. The summed E-state index contributed by atoms with van der Waals surface area (Å²) in [7, 11) is 1.74. The standard InChI is InChI=1S/C11H25NOS/c1-9(2)7-14-8-11(12)10(3)5-6-13-4/h9-11H,5-8,12H2,1-4H3. The predicted molar refractivity (Wildman–Crippen MR) is 65.8 cm³/mol. The average molecular weight is 219 g/mol. The van der Waals surface area contributed by atoms with Crippen molar-refractivity contribution in [3.63, 3.8) is 0 Å². The molecule has 0 radical (unpaired) electrons. The lowest BCUT2D eigenvalue weighted by molar-refractivity contribution is 0.176. The van der Waals surface area contributed by atoms with E-state index in [1.165, 1.54) is 5.75 Å². The van der Waals surface area contributed by atoms with Crippen LogP contribution in [0.2, 0.25) is 0 Å². The van der Waals surface area contributed by atoms with Crippen molar-refractivity contribution in [2.75, 3.05) is 25.2 Å². The molecule has 0 heterocycles. The highest BCUT2D eigenvalue weighted by atomic mass is 32.2. The van der Waals surface area contributed by atoms with Crippen LogP contribution in [0, 0.1) is 11.8 Å². The first kappa shape index (κ1) is 14.3. The second kappa shape index (κ2) is 8.57. The van der Waals surface area contributed by atoms with Crippen molar-refractivity contribution >= 4 is 11.8 Å². The van der Waals surface area contributed by atoms with E-state index in [-0.39, 0.29) is 0 Å². The van der Waals surface area contributed by atoms with Gasteiger partial charge >= 0.3 is 0 Å². The van der Waals surface area contributed by atoms with Gasteiger partial charge in [-0.15, -0.1) is 0 Å². The normalized spacial score (nSPS) is 15.9. The van der Waals surface area contributed by atoms with E-state index in [1.54, 1.807) is 7.11 Å². The summed E-state index contributed by atoms with van der Waals surface area (Å²) in [5.74, 6) is 3.62.